The summed E-state index contributed by atoms with van der Waals surface area (Å²) in [7, 11) is 0. The highest BCUT2D eigenvalue weighted by Crippen LogP contribution is 2.22. The Morgan fingerprint density at radius 2 is 2.00 bits per heavy atom. The predicted octanol–water partition coefficient (Wildman–Crippen LogP) is 1.48. The maximum atomic E-state index is 8.79. The normalized spacial score (nSPS) is 16.6. The molecule has 1 aliphatic rings. The topological polar surface area (TPSA) is 56.3 Å². The van der Waals surface area contributed by atoms with Gasteiger partial charge in [-0.1, -0.05) is 6.92 Å². The zero-order chi connectivity index (χ0) is 13.0. The van der Waals surface area contributed by atoms with Crippen molar-refractivity contribution >= 4 is 11.4 Å². The minimum Gasteiger partial charge on any atom is -0.398 e. The molecule has 18 heavy (non-hydrogen) atoms. The van der Waals surface area contributed by atoms with Crippen molar-refractivity contribution < 1.29 is 0 Å². The molecule has 0 atom stereocenters. The van der Waals surface area contributed by atoms with Crippen LogP contribution in [-0.2, 0) is 6.42 Å². The van der Waals surface area contributed by atoms with Crippen molar-refractivity contribution in [1.29, 1.82) is 5.26 Å². The molecule has 1 aliphatic heterocycles. The first-order chi connectivity index (χ1) is 8.74. The average Bonchev–Trinajstić information content (AvgIpc) is 2.42. The third kappa shape index (κ3) is 2.74. The molecule has 0 radical (unpaired) electrons. The Labute approximate surface area is 109 Å². The number of nitrogen functional groups attached to an aromatic ring is 1. The van der Waals surface area contributed by atoms with Gasteiger partial charge >= 0.3 is 0 Å². The first-order valence-corrected chi connectivity index (χ1v) is 6.47. The van der Waals surface area contributed by atoms with E-state index in [1.54, 1.807) is 0 Å². The Hall–Kier alpha value is -1.73. The van der Waals surface area contributed by atoms with E-state index in [1.165, 1.54) is 5.69 Å². The van der Waals surface area contributed by atoms with Gasteiger partial charge < -0.3 is 15.5 Å². The summed E-state index contributed by atoms with van der Waals surface area (Å²) in [6.07, 6.45) is 0.384. The molecule has 0 bridgehead atoms. The van der Waals surface area contributed by atoms with Crippen LogP contribution in [0.5, 0.6) is 0 Å². The van der Waals surface area contributed by atoms with Crippen LogP contribution in [0.3, 0.4) is 0 Å². The van der Waals surface area contributed by atoms with E-state index < -0.39 is 0 Å². The molecule has 2 N–H and O–H groups in total. The number of nitrogens with two attached hydrogens (primary N) is 1. The lowest BCUT2D eigenvalue weighted by molar-refractivity contribution is 0.271. The second-order valence-corrected chi connectivity index (χ2v) is 4.64. The minimum atomic E-state index is 0.384. The molecule has 0 saturated carbocycles. The second kappa shape index (κ2) is 5.74. The van der Waals surface area contributed by atoms with E-state index >= 15 is 0 Å². The zero-order valence-corrected chi connectivity index (χ0v) is 10.9. The van der Waals surface area contributed by atoms with E-state index in [2.05, 4.69) is 34.9 Å². The van der Waals surface area contributed by atoms with Crippen LogP contribution in [0.2, 0.25) is 0 Å². The maximum Gasteiger partial charge on any atom is 0.0670 e. The third-order valence-corrected chi connectivity index (χ3v) is 3.58. The summed E-state index contributed by atoms with van der Waals surface area (Å²) < 4.78 is 0. The second-order valence-electron chi connectivity index (χ2n) is 4.64. The Morgan fingerprint density at radius 1 is 1.28 bits per heavy atom. The number of anilines is 2. The van der Waals surface area contributed by atoms with E-state index in [-0.39, 0.29) is 0 Å². The lowest BCUT2D eigenvalue weighted by Crippen LogP contribution is -2.46. The van der Waals surface area contributed by atoms with Crippen LogP contribution in [0, 0.1) is 11.3 Å². The monoisotopic (exact) mass is 244 g/mol. The van der Waals surface area contributed by atoms with Gasteiger partial charge in [0.1, 0.15) is 0 Å². The van der Waals surface area contributed by atoms with Crippen LogP contribution in [0.4, 0.5) is 11.4 Å². The standard InChI is InChI=1S/C14H20N4/c1-2-17-7-9-18(10-8-17)13-3-4-14(16)12(11-13)5-6-15/h3-4,11H,2,5,7-10,16H2,1H3. The third-order valence-electron chi connectivity index (χ3n) is 3.58. The van der Waals surface area contributed by atoms with Crippen molar-refractivity contribution in [3.8, 4) is 6.07 Å². The van der Waals surface area contributed by atoms with Gasteiger partial charge in [-0.25, -0.2) is 0 Å². The SMILES string of the molecule is CCN1CCN(c2ccc(N)c(CC#N)c2)CC1. The molecule has 4 heteroatoms. The van der Waals surface area contributed by atoms with Gasteiger partial charge in [-0.15, -0.1) is 0 Å². The van der Waals surface area contributed by atoms with Crippen molar-refractivity contribution in [3.05, 3.63) is 23.8 Å². The van der Waals surface area contributed by atoms with Gasteiger partial charge in [-0.2, -0.15) is 5.26 Å². The fraction of sp³-hybridized carbons (Fsp3) is 0.500. The molecule has 1 saturated heterocycles. The van der Waals surface area contributed by atoms with Gasteiger partial charge in [0.2, 0.25) is 0 Å². The summed E-state index contributed by atoms with van der Waals surface area (Å²) in [5.74, 6) is 0. The molecular weight excluding hydrogens is 224 g/mol. The Bertz CT molecular complexity index is 442. The number of piperazine rings is 1. The molecule has 0 spiro atoms. The van der Waals surface area contributed by atoms with E-state index in [0.29, 0.717) is 12.1 Å². The number of nitriles is 1. The van der Waals surface area contributed by atoms with E-state index in [4.69, 9.17) is 11.0 Å². The molecule has 1 aromatic carbocycles. The summed E-state index contributed by atoms with van der Waals surface area (Å²) in [5.41, 5.74) is 8.71. The number of hydrogen-bond donors (Lipinski definition) is 1. The molecule has 4 nitrogen and oxygen atoms in total. The Kier molecular flexibility index (Phi) is 4.06. The number of nitrogens with zero attached hydrogens (tertiary/aromatic N) is 3. The summed E-state index contributed by atoms with van der Waals surface area (Å²) in [5, 5.41) is 8.79. The van der Waals surface area contributed by atoms with Gasteiger partial charge in [0.05, 0.1) is 12.5 Å². The lowest BCUT2D eigenvalue weighted by Gasteiger charge is -2.35. The lowest BCUT2D eigenvalue weighted by atomic mass is 10.1. The average molecular weight is 244 g/mol. The molecule has 1 aromatic rings. The largest absolute Gasteiger partial charge is 0.398 e. The fourth-order valence-corrected chi connectivity index (χ4v) is 2.35. The van der Waals surface area contributed by atoms with Crippen molar-refractivity contribution in [2.24, 2.45) is 0 Å². The Balaban J connectivity index is 2.10. The van der Waals surface area contributed by atoms with Crippen molar-refractivity contribution in [2.45, 2.75) is 13.3 Å². The summed E-state index contributed by atoms with van der Waals surface area (Å²) in [4.78, 5) is 4.82. The zero-order valence-electron chi connectivity index (χ0n) is 10.9. The van der Waals surface area contributed by atoms with Crippen LogP contribution in [0.1, 0.15) is 12.5 Å². The smallest absolute Gasteiger partial charge is 0.0670 e. The van der Waals surface area contributed by atoms with Crippen molar-refractivity contribution in [3.63, 3.8) is 0 Å². The maximum absolute atomic E-state index is 8.79. The van der Waals surface area contributed by atoms with Crippen molar-refractivity contribution in [1.82, 2.24) is 4.90 Å². The van der Waals surface area contributed by atoms with E-state index in [1.807, 2.05) is 6.07 Å². The number of likely N-dealkylation sites (N-methyl/N-ethyl adjacent to an activating group) is 1. The van der Waals surface area contributed by atoms with Crippen LogP contribution < -0.4 is 10.6 Å². The number of rotatable bonds is 3. The summed E-state index contributed by atoms with van der Waals surface area (Å²) in [6.45, 7) is 7.62. The number of benzene rings is 1. The minimum absolute atomic E-state index is 0.384. The van der Waals surface area contributed by atoms with Gasteiger partial charge in [0, 0.05) is 37.6 Å². The number of hydrogen-bond acceptors (Lipinski definition) is 4. The van der Waals surface area contributed by atoms with Crippen LogP contribution in [-0.4, -0.2) is 37.6 Å². The predicted molar refractivity (Wildman–Crippen MR) is 74.5 cm³/mol. The van der Waals surface area contributed by atoms with E-state index in [0.717, 1.165) is 38.3 Å². The van der Waals surface area contributed by atoms with Crippen molar-refractivity contribution in [2.75, 3.05) is 43.4 Å². The molecule has 1 heterocycles. The molecular formula is C14H20N4. The van der Waals surface area contributed by atoms with Gasteiger partial charge in [0.25, 0.3) is 0 Å². The van der Waals surface area contributed by atoms with Gasteiger partial charge in [0.15, 0.2) is 0 Å². The molecule has 0 unspecified atom stereocenters. The molecule has 0 aromatic heterocycles. The Morgan fingerprint density at radius 3 is 2.61 bits per heavy atom. The van der Waals surface area contributed by atoms with Crippen LogP contribution in [0.25, 0.3) is 0 Å². The summed E-state index contributed by atoms with van der Waals surface area (Å²) >= 11 is 0. The summed E-state index contributed by atoms with van der Waals surface area (Å²) in [6, 6.07) is 8.18. The van der Waals surface area contributed by atoms with Crippen LogP contribution >= 0.6 is 0 Å². The molecule has 0 amide bonds. The first-order valence-electron chi connectivity index (χ1n) is 6.47. The highest BCUT2D eigenvalue weighted by molar-refractivity contribution is 5.59. The van der Waals surface area contributed by atoms with Gasteiger partial charge in [-0.3, -0.25) is 0 Å². The highest BCUT2D eigenvalue weighted by atomic mass is 15.3. The van der Waals surface area contributed by atoms with Crippen LogP contribution in [0.15, 0.2) is 18.2 Å². The molecule has 1 fully saturated rings. The quantitative estimate of drug-likeness (QED) is 0.818. The molecule has 0 aliphatic carbocycles. The molecule has 96 valence electrons. The van der Waals surface area contributed by atoms with Gasteiger partial charge in [-0.05, 0) is 30.3 Å². The highest BCUT2D eigenvalue weighted by Gasteiger charge is 2.16. The molecule has 2 rings (SSSR count). The fourth-order valence-electron chi connectivity index (χ4n) is 2.35. The van der Waals surface area contributed by atoms with E-state index in [9.17, 15) is 0 Å². The first kappa shape index (κ1) is 12.7.